The van der Waals surface area contributed by atoms with E-state index in [0.29, 0.717) is 0 Å². The van der Waals surface area contributed by atoms with Crippen molar-refractivity contribution in [1.82, 2.24) is 0 Å². The number of ketones is 1. The maximum Gasteiger partial charge on any atom is 0.416 e. The normalized spacial score (nSPS) is 20.7. The van der Waals surface area contributed by atoms with Gasteiger partial charge >= 0.3 is 13.8 Å². The monoisotopic (exact) mass is 362 g/mol. The second kappa shape index (κ2) is 6.47. The lowest BCUT2D eigenvalue weighted by atomic mass is 9.97. The summed E-state index contributed by atoms with van der Waals surface area (Å²) in [6.07, 6.45) is -3.65. The molecule has 1 aliphatic heterocycles. The predicted molar refractivity (Wildman–Crippen MR) is 83.4 cm³/mol. The van der Waals surface area contributed by atoms with E-state index in [4.69, 9.17) is 9.05 Å². The Morgan fingerprint density at radius 3 is 2.25 bits per heavy atom. The molecular formula is C16H18F3O4P. The molecule has 132 valence electrons. The van der Waals surface area contributed by atoms with Crippen LogP contribution in [-0.2, 0) is 24.6 Å². The standard InChI is InChI=1S/C16H18F3O4P/c1-11(20)14(24(21)22-9-15(2,3)10-23-24)8-12-6-4-5-7-13(12)16(17,18)19/h4-8H,9-10H2,1-3H3/b14-8+. The lowest BCUT2D eigenvalue weighted by Gasteiger charge is -2.34. The highest BCUT2D eigenvalue weighted by Gasteiger charge is 2.42. The molecule has 0 spiro atoms. The maximum atomic E-state index is 13.1. The summed E-state index contributed by atoms with van der Waals surface area (Å²) in [7, 11) is -3.95. The Bertz CT molecular complexity index is 708. The van der Waals surface area contributed by atoms with E-state index in [0.717, 1.165) is 19.1 Å². The second-order valence-electron chi connectivity index (χ2n) is 6.38. The molecule has 0 atom stereocenters. The van der Waals surface area contributed by atoms with Gasteiger partial charge in [0.25, 0.3) is 0 Å². The van der Waals surface area contributed by atoms with Gasteiger partial charge in [0.05, 0.1) is 18.8 Å². The van der Waals surface area contributed by atoms with Gasteiger partial charge in [-0.3, -0.25) is 9.36 Å². The maximum absolute atomic E-state index is 13.1. The Labute approximate surface area is 138 Å². The molecule has 8 heteroatoms. The van der Waals surface area contributed by atoms with Crippen LogP contribution in [0.2, 0.25) is 0 Å². The van der Waals surface area contributed by atoms with E-state index in [1.165, 1.54) is 18.2 Å². The molecule has 0 saturated carbocycles. The molecule has 0 bridgehead atoms. The van der Waals surface area contributed by atoms with E-state index in [2.05, 4.69) is 0 Å². The zero-order valence-electron chi connectivity index (χ0n) is 13.5. The number of rotatable bonds is 3. The highest BCUT2D eigenvalue weighted by Crippen LogP contribution is 2.60. The van der Waals surface area contributed by atoms with Crippen LogP contribution in [0.25, 0.3) is 6.08 Å². The molecule has 1 heterocycles. The molecular weight excluding hydrogens is 344 g/mol. The van der Waals surface area contributed by atoms with Gasteiger partial charge in [-0.2, -0.15) is 13.2 Å². The average Bonchev–Trinajstić information content (AvgIpc) is 2.47. The Morgan fingerprint density at radius 1 is 1.21 bits per heavy atom. The molecule has 4 nitrogen and oxygen atoms in total. The quantitative estimate of drug-likeness (QED) is 0.567. The van der Waals surface area contributed by atoms with Gasteiger partial charge in [0.15, 0.2) is 5.78 Å². The number of benzene rings is 1. The third-order valence-electron chi connectivity index (χ3n) is 3.46. The SMILES string of the molecule is CC(=O)/C(=C\c1ccccc1C(F)(F)F)P1(=O)OCC(C)(C)CO1. The molecule has 0 radical (unpaired) electrons. The fourth-order valence-electron chi connectivity index (χ4n) is 2.14. The molecule has 0 amide bonds. The van der Waals surface area contributed by atoms with Crippen molar-refractivity contribution in [3.8, 4) is 0 Å². The molecule has 1 aliphatic rings. The molecule has 0 unspecified atom stereocenters. The number of carbonyl (C=O) groups excluding carboxylic acids is 1. The van der Waals surface area contributed by atoms with Crippen molar-refractivity contribution in [2.75, 3.05) is 13.2 Å². The lowest BCUT2D eigenvalue weighted by Crippen LogP contribution is -2.30. The van der Waals surface area contributed by atoms with Crippen molar-refractivity contribution < 1.29 is 31.6 Å². The van der Waals surface area contributed by atoms with Crippen LogP contribution in [0.5, 0.6) is 0 Å². The number of alkyl halides is 3. The molecule has 0 aromatic heterocycles. The number of hydrogen-bond donors (Lipinski definition) is 0. The van der Waals surface area contributed by atoms with Crippen LogP contribution in [0, 0.1) is 5.41 Å². The van der Waals surface area contributed by atoms with Crippen molar-refractivity contribution in [3.05, 3.63) is 40.7 Å². The van der Waals surface area contributed by atoms with Gasteiger partial charge in [-0.1, -0.05) is 32.0 Å². The zero-order valence-corrected chi connectivity index (χ0v) is 14.4. The van der Waals surface area contributed by atoms with Crippen LogP contribution in [-0.4, -0.2) is 19.0 Å². The van der Waals surface area contributed by atoms with Crippen LogP contribution < -0.4 is 0 Å². The minimum absolute atomic E-state index is 0.0792. The zero-order chi connectivity index (χ0) is 18.2. The van der Waals surface area contributed by atoms with E-state index in [9.17, 15) is 22.5 Å². The van der Waals surface area contributed by atoms with Crippen molar-refractivity contribution in [3.63, 3.8) is 0 Å². The summed E-state index contributed by atoms with van der Waals surface area (Å²) in [5.74, 6) is -0.657. The first kappa shape index (κ1) is 18.9. The number of carbonyl (C=O) groups is 1. The molecule has 1 fully saturated rings. The summed E-state index contributed by atoms with van der Waals surface area (Å²) >= 11 is 0. The van der Waals surface area contributed by atoms with Gasteiger partial charge < -0.3 is 9.05 Å². The van der Waals surface area contributed by atoms with Crippen molar-refractivity contribution in [2.45, 2.75) is 26.9 Å². The van der Waals surface area contributed by atoms with Crippen LogP contribution in [0.4, 0.5) is 13.2 Å². The molecule has 1 aromatic rings. The minimum Gasteiger partial charge on any atom is -0.304 e. The molecule has 0 aliphatic carbocycles. The van der Waals surface area contributed by atoms with Gasteiger partial charge in [-0.25, -0.2) is 0 Å². The molecule has 1 saturated heterocycles. The van der Waals surface area contributed by atoms with Crippen LogP contribution in [0.15, 0.2) is 29.6 Å². The first-order chi connectivity index (χ1) is 10.9. The van der Waals surface area contributed by atoms with Gasteiger partial charge in [0.2, 0.25) is 0 Å². The Morgan fingerprint density at radius 2 is 1.75 bits per heavy atom. The third-order valence-corrected chi connectivity index (χ3v) is 5.44. The first-order valence-corrected chi connectivity index (χ1v) is 8.77. The topological polar surface area (TPSA) is 52.6 Å². The van der Waals surface area contributed by atoms with E-state index >= 15 is 0 Å². The fourth-order valence-corrected chi connectivity index (χ4v) is 4.21. The number of allylic oxidation sites excluding steroid dienone is 1. The second-order valence-corrected chi connectivity index (χ2v) is 8.37. The summed E-state index contributed by atoms with van der Waals surface area (Å²) in [4.78, 5) is 11.9. The summed E-state index contributed by atoms with van der Waals surface area (Å²) in [5, 5.41) is -0.380. The number of halogens is 3. The number of Topliss-reactive ketones (excluding diaryl/α,β-unsaturated/α-hetero) is 1. The Kier molecular flexibility index (Phi) is 5.09. The van der Waals surface area contributed by atoms with Crippen LogP contribution >= 0.6 is 7.60 Å². The summed E-state index contributed by atoms with van der Waals surface area (Å²) in [5.41, 5.74) is -1.57. The molecule has 2 rings (SSSR count). The first-order valence-electron chi connectivity index (χ1n) is 7.23. The number of hydrogen-bond acceptors (Lipinski definition) is 4. The van der Waals surface area contributed by atoms with Gasteiger partial charge in [-0.05, 0) is 24.6 Å². The molecule has 0 N–H and O–H groups in total. The summed E-state index contributed by atoms with van der Waals surface area (Å²) < 4.78 is 62.6. The summed E-state index contributed by atoms with van der Waals surface area (Å²) in [6, 6.07) is 4.74. The fraction of sp³-hybridized carbons (Fsp3) is 0.438. The van der Waals surface area contributed by atoms with Gasteiger partial charge in [0, 0.05) is 5.41 Å². The predicted octanol–water partition coefficient (Wildman–Crippen LogP) is 4.90. The average molecular weight is 362 g/mol. The van der Waals surface area contributed by atoms with Crippen molar-refractivity contribution in [2.24, 2.45) is 5.41 Å². The van der Waals surface area contributed by atoms with E-state index in [1.807, 2.05) is 13.8 Å². The van der Waals surface area contributed by atoms with E-state index < -0.39 is 25.1 Å². The lowest BCUT2D eigenvalue weighted by molar-refractivity contribution is -0.137. The largest absolute Gasteiger partial charge is 0.416 e. The van der Waals surface area contributed by atoms with Crippen molar-refractivity contribution >= 4 is 19.5 Å². The Balaban J connectivity index is 2.49. The third kappa shape index (κ3) is 4.15. The van der Waals surface area contributed by atoms with Gasteiger partial charge in [0.1, 0.15) is 5.31 Å². The summed E-state index contributed by atoms with van der Waals surface area (Å²) in [6.45, 7) is 4.93. The minimum atomic E-state index is -4.60. The van der Waals surface area contributed by atoms with Crippen LogP contribution in [0.3, 0.4) is 0 Å². The van der Waals surface area contributed by atoms with Crippen LogP contribution in [0.1, 0.15) is 31.9 Å². The highest BCUT2D eigenvalue weighted by molar-refractivity contribution is 7.60. The highest BCUT2D eigenvalue weighted by atomic mass is 31.2. The molecule has 24 heavy (non-hydrogen) atoms. The molecule has 1 aromatic carbocycles. The van der Waals surface area contributed by atoms with Crippen molar-refractivity contribution in [1.29, 1.82) is 0 Å². The van der Waals surface area contributed by atoms with E-state index in [-0.39, 0.29) is 29.5 Å². The van der Waals surface area contributed by atoms with E-state index in [1.54, 1.807) is 0 Å². The smallest absolute Gasteiger partial charge is 0.304 e. The van der Waals surface area contributed by atoms with Gasteiger partial charge in [-0.15, -0.1) is 0 Å². The Hall–Kier alpha value is -1.43.